The van der Waals surface area contributed by atoms with Crippen LogP contribution in [0.2, 0.25) is 0 Å². The maximum atomic E-state index is 12.2. The lowest BCUT2D eigenvalue weighted by molar-refractivity contribution is -0.0528. The monoisotopic (exact) mass is 340 g/mol. The summed E-state index contributed by atoms with van der Waals surface area (Å²) in [5, 5.41) is 1.00. The van der Waals surface area contributed by atoms with Crippen molar-refractivity contribution >= 4 is 17.4 Å². The van der Waals surface area contributed by atoms with Crippen molar-refractivity contribution in [3.05, 3.63) is 15.6 Å². The van der Waals surface area contributed by atoms with E-state index in [0.717, 1.165) is 23.5 Å². The molecular weight excluding hydrogens is 312 g/mol. The normalized spacial score (nSPS) is 21.7. The summed E-state index contributed by atoms with van der Waals surface area (Å²) < 4.78 is 11.7. The number of thiazole rings is 1. The quantitative estimate of drug-likeness (QED) is 0.829. The van der Waals surface area contributed by atoms with Crippen LogP contribution in [0.5, 0.6) is 0 Å². The van der Waals surface area contributed by atoms with E-state index in [2.05, 4.69) is 18.8 Å². The first kappa shape index (κ1) is 18.2. The molecule has 0 N–H and O–H groups in total. The third-order valence-corrected chi connectivity index (χ3v) is 5.23. The number of carbonyl (C=O) groups is 1. The molecule has 0 bridgehead atoms. The summed E-state index contributed by atoms with van der Waals surface area (Å²) >= 11 is 1.68. The highest BCUT2D eigenvalue weighted by Gasteiger charge is 2.41. The number of aryl methyl sites for hydroxylation is 2. The minimum Gasteiger partial charge on any atom is -0.444 e. The van der Waals surface area contributed by atoms with E-state index < -0.39 is 5.60 Å². The molecule has 6 heteroatoms. The number of nitrogens with zero attached hydrogens (tertiary/aromatic N) is 2. The molecule has 0 radical (unpaired) electrons. The van der Waals surface area contributed by atoms with Gasteiger partial charge in [-0.1, -0.05) is 6.92 Å². The maximum absolute atomic E-state index is 12.2. The van der Waals surface area contributed by atoms with Crippen LogP contribution in [0, 0.1) is 13.8 Å². The van der Waals surface area contributed by atoms with Crippen molar-refractivity contribution in [2.24, 2.45) is 0 Å². The average Bonchev–Trinajstić information content (AvgIpc) is 3.00. The van der Waals surface area contributed by atoms with Gasteiger partial charge < -0.3 is 14.4 Å². The molecule has 2 rings (SSSR count). The standard InChI is InChI=1S/C17H28N2O3S/c1-7-17(21-10-14-18-12(2)13(3)23-14)8-9-19(11-17)15(20)22-16(4,5)6/h7-11H2,1-6H3. The Hall–Kier alpha value is -1.14. The van der Waals surface area contributed by atoms with Gasteiger partial charge in [-0.05, 0) is 47.5 Å². The second-order valence-electron chi connectivity index (χ2n) is 7.23. The van der Waals surface area contributed by atoms with Crippen molar-refractivity contribution in [3.8, 4) is 0 Å². The van der Waals surface area contributed by atoms with Gasteiger partial charge in [0.1, 0.15) is 10.6 Å². The van der Waals surface area contributed by atoms with Crippen molar-refractivity contribution in [1.82, 2.24) is 9.88 Å². The van der Waals surface area contributed by atoms with E-state index >= 15 is 0 Å². The second kappa shape index (κ2) is 6.77. The van der Waals surface area contributed by atoms with Gasteiger partial charge in [-0.25, -0.2) is 9.78 Å². The smallest absolute Gasteiger partial charge is 0.410 e. The molecule has 1 unspecified atom stereocenters. The van der Waals surface area contributed by atoms with Crippen LogP contribution in [0.1, 0.15) is 56.1 Å². The predicted octanol–water partition coefficient (Wildman–Crippen LogP) is 4.07. The number of hydrogen-bond donors (Lipinski definition) is 0. The van der Waals surface area contributed by atoms with E-state index in [4.69, 9.17) is 9.47 Å². The Bertz CT molecular complexity index is 545. The third kappa shape index (κ3) is 4.67. The topological polar surface area (TPSA) is 51.7 Å². The summed E-state index contributed by atoms with van der Waals surface area (Å²) in [5.74, 6) is 0. The lowest BCUT2D eigenvalue weighted by atomic mass is 10.00. The molecule has 1 saturated heterocycles. The van der Waals surface area contributed by atoms with Gasteiger partial charge >= 0.3 is 6.09 Å². The number of likely N-dealkylation sites (tertiary alicyclic amines) is 1. The first-order chi connectivity index (χ1) is 10.6. The van der Waals surface area contributed by atoms with Crippen LogP contribution in [0.4, 0.5) is 4.79 Å². The van der Waals surface area contributed by atoms with E-state index in [9.17, 15) is 4.79 Å². The largest absolute Gasteiger partial charge is 0.444 e. The fraction of sp³-hybridized carbons (Fsp3) is 0.765. The molecule has 23 heavy (non-hydrogen) atoms. The van der Waals surface area contributed by atoms with Crippen LogP contribution in [0.15, 0.2) is 0 Å². The number of carbonyl (C=O) groups excluding carboxylic acids is 1. The Balaban J connectivity index is 1.95. The number of amides is 1. The number of rotatable bonds is 4. The number of ether oxygens (including phenoxy) is 2. The minimum absolute atomic E-state index is 0.252. The van der Waals surface area contributed by atoms with E-state index in [1.165, 1.54) is 4.88 Å². The molecule has 5 nitrogen and oxygen atoms in total. The molecule has 1 aliphatic rings. The summed E-state index contributed by atoms with van der Waals surface area (Å²) in [4.78, 5) is 19.7. The molecule has 0 spiro atoms. The van der Waals surface area contributed by atoms with Crippen molar-refractivity contribution in [1.29, 1.82) is 0 Å². The highest BCUT2D eigenvalue weighted by molar-refractivity contribution is 7.11. The van der Waals surface area contributed by atoms with Gasteiger partial charge in [-0.2, -0.15) is 0 Å². The fourth-order valence-corrected chi connectivity index (χ4v) is 3.50. The molecule has 0 aliphatic carbocycles. The van der Waals surface area contributed by atoms with E-state index in [1.807, 2.05) is 27.7 Å². The zero-order valence-electron chi connectivity index (χ0n) is 15.1. The molecule has 2 heterocycles. The van der Waals surface area contributed by atoms with Crippen LogP contribution in [-0.4, -0.2) is 40.3 Å². The van der Waals surface area contributed by atoms with Gasteiger partial charge in [-0.15, -0.1) is 11.3 Å². The highest BCUT2D eigenvalue weighted by Crippen LogP contribution is 2.31. The molecule has 130 valence electrons. The van der Waals surface area contributed by atoms with E-state index in [1.54, 1.807) is 16.2 Å². The second-order valence-corrected chi connectivity index (χ2v) is 8.51. The van der Waals surface area contributed by atoms with Gasteiger partial charge in [0.05, 0.1) is 24.4 Å². The molecule has 0 saturated carbocycles. The Kier molecular flexibility index (Phi) is 5.36. The summed E-state index contributed by atoms with van der Waals surface area (Å²) in [6, 6.07) is 0. The average molecular weight is 340 g/mol. The Labute approximate surface area is 143 Å². The summed E-state index contributed by atoms with van der Waals surface area (Å²) in [5.41, 5.74) is 0.316. The van der Waals surface area contributed by atoms with Crippen molar-refractivity contribution in [2.75, 3.05) is 13.1 Å². The molecule has 0 aromatic carbocycles. The fourth-order valence-electron chi connectivity index (χ4n) is 2.65. The van der Waals surface area contributed by atoms with Crippen molar-refractivity contribution in [2.45, 2.75) is 72.2 Å². The Morgan fingerprint density at radius 3 is 2.61 bits per heavy atom. The van der Waals surface area contributed by atoms with E-state index in [-0.39, 0.29) is 11.7 Å². The summed E-state index contributed by atoms with van der Waals surface area (Å²) in [6.45, 7) is 13.6. The van der Waals surface area contributed by atoms with E-state index in [0.29, 0.717) is 19.7 Å². The highest BCUT2D eigenvalue weighted by atomic mass is 32.1. The molecule has 1 aromatic rings. The molecular formula is C17H28N2O3S. The molecule has 1 aliphatic heterocycles. The lowest BCUT2D eigenvalue weighted by Gasteiger charge is -2.29. The first-order valence-electron chi connectivity index (χ1n) is 8.19. The zero-order chi connectivity index (χ0) is 17.3. The number of aromatic nitrogens is 1. The van der Waals surface area contributed by atoms with Gasteiger partial charge in [0.15, 0.2) is 0 Å². The first-order valence-corrected chi connectivity index (χ1v) is 9.00. The molecule has 1 fully saturated rings. The Morgan fingerprint density at radius 1 is 1.39 bits per heavy atom. The minimum atomic E-state index is -0.467. The van der Waals surface area contributed by atoms with Crippen LogP contribution in [0.3, 0.4) is 0 Å². The molecule has 1 aromatic heterocycles. The maximum Gasteiger partial charge on any atom is 0.410 e. The third-order valence-electron chi connectivity index (χ3n) is 4.19. The van der Waals surface area contributed by atoms with Crippen LogP contribution in [0.25, 0.3) is 0 Å². The van der Waals surface area contributed by atoms with Crippen LogP contribution >= 0.6 is 11.3 Å². The molecule has 1 atom stereocenters. The van der Waals surface area contributed by atoms with Gasteiger partial charge in [0, 0.05) is 11.4 Å². The van der Waals surface area contributed by atoms with Gasteiger partial charge in [0.2, 0.25) is 0 Å². The summed E-state index contributed by atoms with van der Waals surface area (Å²) in [7, 11) is 0. The SMILES string of the molecule is CCC1(OCc2nc(C)c(C)s2)CCN(C(=O)OC(C)(C)C)C1. The van der Waals surface area contributed by atoms with Crippen molar-refractivity contribution < 1.29 is 14.3 Å². The molecule has 1 amide bonds. The van der Waals surface area contributed by atoms with Crippen LogP contribution in [-0.2, 0) is 16.1 Å². The summed E-state index contributed by atoms with van der Waals surface area (Å²) in [6.07, 6.45) is 1.46. The number of hydrogen-bond acceptors (Lipinski definition) is 5. The van der Waals surface area contributed by atoms with Gasteiger partial charge in [-0.3, -0.25) is 0 Å². The zero-order valence-corrected chi connectivity index (χ0v) is 15.9. The van der Waals surface area contributed by atoms with Crippen molar-refractivity contribution in [3.63, 3.8) is 0 Å². The lowest BCUT2D eigenvalue weighted by Crippen LogP contribution is -2.40. The predicted molar refractivity (Wildman–Crippen MR) is 91.8 cm³/mol. The Morgan fingerprint density at radius 2 is 2.09 bits per heavy atom. The van der Waals surface area contributed by atoms with Gasteiger partial charge in [0.25, 0.3) is 0 Å². The van der Waals surface area contributed by atoms with Crippen LogP contribution < -0.4 is 0 Å².